The van der Waals surface area contributed by atoms with Crippen LogP contribution in [0.2, 0.25) is 0 Å². The van der Waals surface area contributed by atoms with Gasteiger partial charge >= 0.3 is 11.9 Å². The van der Waals surface area contributed by atoms with Crippen molar-refractivity contribution >= 4 is 17.6 Å². The fraction of sp³-hybridized carbons (Fsp3) is 0.300. The van der Waals surface area contributed by atoms with E-state index in [2.05, 4.69) is 5.32 Å². The SMILES string of the molecule is CC=COc1cccc(C2C(C(=O)OC)=C(C)NC(C)=C2C(=O)OC)c1N. The molecule has 0 saturated carbocycles. The number of methoxy groups -OCH3 is 2. The van der Waals surface area contributed by atoms with E-state index in [0.29, 0.717) is 39.5 Å². The zero-order chi connectivity index (χ0) is 20.1. The fourth-order valence-corrected chi connectivity index (χ4v) is 3.12. The second-order valence-electron chi connectivity index (χ2n) is 5.96. The Kier molecular flexibility index (Phi) is 6.28. The molecule has 144 valence electrons. The molecular formula is C20H24N2O5. The van der Waals surface area contributed by atoms with Crippen molar-refractivity contribution in [3.8, 4) is 5.75 Å². The quantitative estimate of drug-likeness (QED) is 0.466. The normalized spacial score (nSPS) is 15.0. The number of nitrogens with one attached hydrogen (secondary N) is 1. The van der Waals surface area contributed by atoms with E-state index >= 15 is 0 Å². The smallest absolute Gasteiger partial charge is 0.336 e. The highest BCUT2D eigenvalue weighted by Crippen LogP contribution is 2.43. The first-order valence-corrected chi connectivity index (χ1v) is 8.38. The highest BCUT2D eigenvalue weighted by molar-refractivity contribution is 6.00. The molecule has 0 aromatic heterocycles. The summed E-state index contributed by atoms with van der Waals surface area (Å²) in [5.41, 5.74) is 8.94. The molecule has 0 radical (unpaired) electrons. The Morgan fingerprint density at radius 3 is 2.11 bits per heavy atom. The molecule has 3 N–H and O–H groups in total. The molecule has 1 aromatic carbocycles. The molecule has 1 heterocycles. The predicted octanol–water partition coefficient (Wildman–Crippen LogP) is 2.76. The minimum absolute atomic E-state index is 0.290. The summed E-state index contributed by atoms with van der Waals surface area (Å²) in [4.78, 5) is 25.0. The fourth-order valence-electron chi connectivity index (χ4n) is 3.12. The molecule has 0 saturated heterocycles. The molecule has 0 fully saturated rings. The maximum atomic E-state index is 12.5. The van der Waals surface area contributed by atoms with Crippen LogP contribution in [0.25, 0.3) is 0 Å². The number of nitrogen functional groups attached to an aromatic ring is 1. The predicted molar refractivity (Wildman–Crippen MR) is 102 cm³/mol. The van der Waals surface area contributed by atoms with Crippen LogP contribution in [-0.4, -0.2) is 26.2 Å². The summed E-state index contributed by atoms with van der Waals surface area (Å²) in [5, 5.41) is 3.05. The minimum Gasteiger partial charge on any atom is -0.466 e. The Morgan fingerprint density at radius 1 is 1.07 bits per heavy atom. The average molecular weight is 372 g/mol. The van der Waals surface area contributed by atoms with Gasteiger partial charge in [0.25, 0.3) is 0 Å². The van der Waals surface area contributed by atoms with Crippen LogP contribution < -0.4 is 15.8 Å². The van der Waals surface area contributed by atoms with Crippen molar-refractivity contribution in [2.45, 2.75) is 26.7 Å². The molecule has 7 nitrogen and oxygen atoms in total. The van der Waals surface area contributed by atoms with E-state index in [1.54, 1.807) is 38.1 Å². The number of nitrogens with two attached hydrogens (primary N) is 1. The number of allylic oxidation sites excluding steroid dienone is 3. The zero-order valence-electron chi connectivity index (χ0n) is 16.1. The highest BCUT2D eigenvalue weighted by Gasteiger charge is 2.38. The van der Waals surface area contributed by atoms with Crippen LogP contribution in [-0.2, 0) is 19.1 Å². The van der Waals surface area contributed by atoms with Crippen LogP contribution in [0, 0.1) is 0 Å². The summed E-state index contributed by atoms with van der Waals surface area (Å²) < 4.78 is 15.4. The van der Waals surface area contributed by atoms with Gasteiger partial charge in [-0.3, -0.25) is 0 Å². The molecule has 0 atom stereocenters. The van der Waals surface area contributed by atoms with Crippen LogP contribution in [0.15, 0.2) is 53.1 Å². The molecule has 0 amide bonds. The van der Waals surface area contributed by atoms with Gasteiger partial charge < -0.3 is 25.3 Å². The van der Waals surface area contributed by atoms with Gasteiger partial charge in [-0.1, -0.05) is 18.2 Å². The van der Waals surface area contributed by atoms with E-state index in [-0.39, 0.29) is 0 Å². The molecule has 2 rings (SSSR count). The van der Waals surface area contributed by atoms with Crippen LogP contribution in [0.1, 0.15) is 32.3 Å². The lowest BCUT2D eigenvalue weighted by Crippen LogP contribution is -2.32. The standard InChI is InChI=1S/C20H24N2O5/c1-6-10-27-14-9-7-8-13(18(14)21)17-15(19(23)25-4)11(2)22-12(3)16(17)20(24)26-5/h6-10,17,22H,21H2,1-5H3. The summed E-state index contributed by atoms with van der Waals surface area (Å²) in [6.07, 6.45) is 3.23. The molecule has 0 bridgehead atoms. The molecule has 7 heteroatoms. The Morgan fingerprint density at radius 2 is 1.63 bits per heavy atom. The van der Waals surface area contributed by atoms with Crippen LogP contribution in [0.4, 0.5) is 5.69 Å². The number of hydrogen-bond acceptors (Lipinski definition) is 7. The van der Waals surface area contributed by atoms with Crippen molar-refractivity contribution in [3.63, 3.8) is 0 Å². The van der Waals surface area contributed by atoms with Gasteiger partial charge in [-0.05, 0) is 32.4 Å². The number of anilines is 1. The highest BCUT2D eigenvalue weighted by atomic mass is 16.5. The van der Waals surface area contributed by atoms with Crippen molar-refractivity contribution < 1.29 is 23.8 Å². The second kappa shape index (κ2) is 8.44. The lowest BCUT2D eigenvalue weighted by molar-refractivity contribution is -0.137. The number of carbonyl (C=O) groups excluding carboxylic acids is 2. The molecule has 0 spiro atoms. The minimum atomic E-state index is -0.750. The third-order valence-corrected chi connectivity index (χ3v) is 4.31. The van der Waals surface area contributed by atoms with Crippen molar-refractivity contribution in [2.24, 2.45) is 0 Å². The molecule has 1 aliphatic heterocycles. The van der Waals surface area contributed by atoms with Crippen molar-refractivity contribution in [1.82, 2.24) is 5.32 Å². The monoisotopic (exact) mass is 372 g/mol. The summed E-state index contributed by atoms with van der Waals surface area (Å²) in [7, 11) is 2.58. The summed E-state index contributed by atoms with van der Waals surface area (Å²) >= 11 is 0. The van der Waals surface area contributed by atoms with E-state index in [4.69, 9.17) is 19.9 Å². The van der Waals surface area contributed by atoms with E-state index in [1.165, 1.54) is 20.5 Å². The first-order valence-electron chi connectivity index (χ1n) is 8.38. The third kappa shape index (κ3) is 3.81. The van der Waals surface area contributed by atoms with Gasteiger partial charge in [0.15, 0.2) is 0 Å². The van der Waals surface area contributed by atoms with E-state index in [0.717, 1.165) is 0 Å². The van der Waals surface area contributed by atoms with E-state index in [9.17, 15) is 9.59 Å². The van der Waals surface area contributed by atoms with E-state index < -0.39 is 17.9 Å². The summed E-state index contributed by atoms with van der Waals surface area (Å²) in [6, 6.07) is 5.21. The molecular weight excluding hydrogens is 348 g/mol. The lowest BCUT2D eigenvalue weighted by atomic mass is 9.79. The van der Waals surface area contributed by atoms with Gasteiger partial charge in [-0.25, -0.2) is 9.59 Å². The Bertz CT molecular complexity index is 814. The van der Waals surface area contributed by atoms with Crippen LogP contribution in [0.5, 0.6) is 5.75 Å². The average Bonchev–Trinajstić information content (AvgIpc) is 2.65. The van der Waals surface area contributed by atoms with E-state index in [1.807, 2.05) is 6.92 Å². The second-order valence-corrected chi connectivity index (χ2v) is 5.96. The molecule has 27 heavy (non-hydrogen) atoms. The van der Waals surface area contributed by atoms with Gasteiger partial charge in [0, 0.05) is 11.4 Å². The van der Waals surface area contributed by atoms with Crippen molar-refractivity contribution in [3.05, 3.63) is 58.6 Å². The number of para-hydroxylation sites is 1. The van der Waals surface area contributed by atoms with Crippen LogP contribution in [0.3, 0.4) is 0 Å². The zero-order valence-corrected chi connectivity index (χ0v) is 16.1. The summed E-state index contributed by atoms with van der Waals surface area (Å²) in [6.45, 7) is 5.30. The number of rotatable bonds is 5. The Labute approximate surface area is 158 Å². The summed E-state index contributed by atoms with van der Waals surface area (Å²) in [5.74, 6) is -1.44. The maximum absolute atomic E-state index is 12.5. The van der Waals surface area contributed by atoms with Gasteiger partial charge in [0.1, 0.15) is 5.75 Å². The number of carbonyl (C=O) groups is 2. The number of hydrogen-bond donors (Lipinski definition) is 2. The molecule has 0 aliphatic carbocycles. The van der Waals surface area contributed by atoms with Gasteiger partial charge in [0.2, 0.25) is 0 Å². The van der Waals surface area contributed by atoms with Crippen molar-refractivity contribution in [2.75, 3.05) is 20.0 Å². The lowest BCUT2D eigenvalue weighted by Gasteiger charge is -2.30. The van der Waals surface area contributed by atoms with Gasteiger partial charge in [-0.15, -0.1) is 0 Å². The number of esters is 2. The number of dihydropyridines is 1. The number of ether oxygens (including phenoxy) is 3. The molecule has 1 aliphatic rings. The Balaban J connectivity index is 2.74. The van der Waals surface area contributed by atoms with Crippen LogP contribution >= 0.6 is 0 Å². The molecule has 0 unspecified atom stereocenters. The third-order valence-electron chi connectivity index (χ3n) is 4.31. The maximum Gasteiger partial charge on any atom is 0.336 e. The largest absolute Gasteiger partial charge is 0.466 e. The van der Waals surface area contributed by atoms with Crippen molar-refractivity contribution in [1.29, 1.82) is 0 Å². The van der Waals surface area contributed by atoms with Gasteiger partial charge in [0.05, 0.1) is 43.2 Å². The van der Waals surface area contributed by atoms with Gasteiger partial charge in [-0.2, -0.15) is 0 Å². The molecule has 1 aromatic rings. The number of benzene rings is 1. The topological polar surface area (TPSA) is 99.9 Å². The Hall–Kier alpha value is -3.22. The first-order chi connectivity index (χ1) is 12.9. The first kappa shape index (κ1) is 20.1.